The molecule has 26 heavy (non-hydrogen) atoms. The molecule has 2 aromatic rings. The molecule has 0 saturated carbocycles. The number of rotatable bonds is 6. The molecule has 2 atom stereocenters. The van der Waals surface area contributed by atoms with Crippen molar-refractivity contribution in [2.75, 3.05) is 11.9 Å². The van der Waals surface area contributed by atoms with Crippen LogP contribution in [0.3, 0.4) is 0 Å². The highest BCUT2D eigenvalue weighted by molar-refractivity contribution is 5.83. The molecule has 6 nitrogen and oxygen atoms in total. The topological polar surface area (TPSA) is 74.4 Å². The highest BCUT2D eigenvalue weighted by atomic mass is 16.5. The van der Waals surface area contributed by atoms with Gasteiger partial charge in [-0.05, 0) is 62.1 Å². The van der Waals surface area contributed by atoms with E-state index in [1.807, 2.05) is 43.3 Å². The molecule has 6 heteroatoms. The summed E-state index contributed by atoms with van der Waals surface area (Å²) in [4.78, 5) is 12.4. The van der Waals surface area contributed by atoms with E-state index in [2.05, 4.69) is 41.4 Å². The lowest BCUT2D eigenvalue weighted by atomic mass is 10.1. The number of anilines is 1. The van der Waals surface area contributed by atoms with E-state index in [1.165, 1.54) is 11.1 Å². The average Bonchev–Trinajstić information content (AvgIpc) is 2.63. The number of hydrogen-bond donors (Lipinski definition) is 4. The molecule has 0 spiro atoms. The molecule has 3 rings (SSSR count). The van der Waals surface area contributed by atoms with Crippen LogP contribution in [0.5, 0.6) is 5.75 Å². The van der Waals surface area contributed by atoms with Crippen LogP contribution in [0.1, 0.15) is 23.6 Å². The highest BCUT2D eigenvalue weighted by Gasteiger charge is 2.27. The van der Waals surface area contributed by atoms with Crippen LogP contribution in [-0.2, 0) is 11.2 Å². The Kier molecular flexibility index (Phi) is 5.75. The van der Waals surface area contributed by atoms with Gasteiger partial charge in [0.1, 0.15) is 11.8 Å². The van der Waals surface area contributed by atoms with E-state index in [0.717, 1.165) is 17.0 Å². The Hall–Kier alpha value is -2.57. The Labute approximate surface area is 154 Å². The molecule has 1 heterocycles. The summed E-state index contributed by atoms with van der Waals surface area (Å²) in [7, 11) is 0. The predicted molar refractivity (Wildman–Crippen MR) is 103 cm³/mol. The summed E-state index contributed by atoms with van der Waals surface area (Å²) in [6.45, 7) is 6.73. The van der Waals surface area contributed by atoms with Crippen molar-refractivity contribution >= 4 is 11.6 Å². The molecule has 2 aromatic carbocycles. The van der Waals surface area contributed by atoms with E-state index in [9.17, 15) is 4.79 Å². The summed E-state index contributed by atoms with van der Waals surface area (Å²) < 4.78 is 5.45. The van der Waals surface area contributed by atoms with Crippen LogP contribution in [0, 0.1) is 13.8 Å². The van der Waals surface area contributed by atoms with Crippen LogP contribution in [0.2, 0.25) is 0 Å². The summed E-state index contributed by atoms with van der Waals surface area (Å²) in [6, 6.07) is 13.6. The molecular weight excluding hydrogens is 328 g/mol. The third-order valence-corrected chi connectivity index (χ3v) is 4.58. The zero-order valence-electron chi connectivity index (χ0n) is 15.4. The van der Waals surface area contributed by atoms with Crippen LogP contribution < -0.4 is 26.2 Å². The van der Waals surface area contributed by atoms with Gasteiger partial charge in [-0.15, -0.1) is 0 Å². The van der Waals surface area contributed by atoms with Crippen molar-refractivity contribution < 1.29 is 9.53 Å². The van der Waals surface area contributed by atoms with Gasteiger partial charge in [0, 0.05) is 5.69 Å². The molecule has 0 aromatic heterocycles. The number of hydrogen-bond acceptors (Lipinski definition) is 5. The van der Waals surface area contributed by atoms with Gasteiger partial charge in [0.2, 0.25) is 5.91 Å². The Bertz CT molecular complexity index is 761. The van der Waals surface area contributed by atoms with Gasteiger partial charge in [0.05, 0.1) is 6.61 Å². The zero-order valence-corrected chi connectivity index (χ0v) is 15.4. The molecule has 1 fully saturated rings. The lowest BCUT2D eigenvalue weighted by Gasteiger charge is -2.32. The molecule has 1 aliphatic rings. The molecule has 0 aliphatic carbocycles. The molecule has 1 amide bonds. The van der Waals surface area contributed by atoms with E-state index in [-0.39, 0.29) is 18.2 Å². The van der Waals surface area contributed by atoms with Crippen LogP contribution in [0.25, 0.3) is 0 Å². The summed E-state index contributed by atoms with van der Waals surface area (Å²) in [5.74, 6) is 0.800. The second kappa shape index (κ2) is 8.21. The molecule has 2 unspecified atom stereocenters. The average molecular weight is 354 g/mol. The van der Waals surface area contributed by atoms with Gasteiger partial charge in [-0.25, -0.2) is 10.9 Å². The van der Waals surface area contributed by atoms with Crippen molar-refractivity contribution in [2.24, 2.45) is 0 Å². The van der Waals surface area contributed by atoms with Gasteiger partial charge >= 0.3 is 0 Å². The van der Waals surface area contributed by atoms with Crippen LogP contribution in [0.15, 0.2) is 42.5 Å². The molecule has 1 saturated heterocycles. The Morgan fingerprint density at radius 2 is 1.85 bits per heavy atom. The van der Waals surface area contributed by atoms with Crippen LogP contribution in [0.4, 0.5) is 5.69 Å². The maximum absolute atomic E-state index is 12.4. The largest absolute Gasteiger partial charge is 0.494 e. The standard InChI is InChI=1S/C20H26N4O2/c1-4-26-16-10-8-15(9-11-16)12-18-19(25)22-20(24-23-18)21-17-7-5-6-13(2)14(17)3/h5-11,18,20-21,23-24H,4,12H2,1-3H3,(H,22,25). The molecule has 138 valence electrons. The molecular formula is C20H26N4O2. The number of amides is 1. The lowest BCUT2D eigenvalue weighted by Crippen LogP contribution is -2.68. The van der Waals surface area contributed by atoms with E-state index < -0.39 is 0 Å². The molecule has 0 radical (unpaired) electrons. The number of aryl methyl sites for hydroxylation is 1. The number of carbonyl (C=O) groups excluding carboxylic acids is 1. The van der Waals surface area contributed by atoms with E-state index in [0.29, 0.717) is 13.0 Å². The smallest absolute Gasteiger partial charge is 0.241 e. The SMILES string of the molecule is CCOc1ccc(CC2NNC(Nc3cccc(C)c3C)NC2=O)cc1. The molecule has 0 bridgehead atoms. The third-order valence-electron chi connectivity index (χ3n) is 4.58. The molecule has 1 aliphatic heterocycles. The number of carbonyl (C=O) groups is 1. The second-order valence-corrected chi connectivity index (χ2v) is 6.46. The Morgan fingerprint density at radius 3 is 2.54 bits per heavy atom. The summed E-state index contributed by atoms with van der Waals surface area (Å²) >= 11 is 0. The van der Waals surface area contributed by atoms with Gasteiger partial charge < -0.3 is 15.4 Å². The van der Waals surface area contributed by atoms with Crippen molar-refractivity contribution in [1.29, 1.82) is 0 Å². The minimum absolute atomic E-state index is 0.0413. The first-order valence-corrected chi connectivity index (χ1v) is 8.92. The zero-order chi connectivity index (χ0) is 18.5. The van der Waals surface area contributed by atoms with Gasteiger partial charge in [0.25, 0.3) is 0 Å². The minimum atomic E-state index is -0.361. The summed E-state index contributed by atoms with van der Waals surface area (Å²) in [5, 5.41) is 6.27. The maximum atomic E-state index is 12.4. The summed E-state index contributed by atoms with van der Waals surface area (Å²) in [5.41, 5.74) is 10.7. The predicted octanol–water partition coefficient (Wildman–Crippen LogP) is 2.23. The van der Waals surface area contributed by atoms with E-state index >= 15 is 0 Å². The number of benzene rings is 2. The number of hydrazine groups is 1. The van der Waals surface area contributed by atoms with Gasteiger partial charge in [-0.1, -0.05) is 24.3 Å². The van der Waals surface area contributed by atoms with Gasteiger partial charge in [-0.3, -0.25) is 4.79 Å². The molecule has 4 N–H and O–H groups in total. The monoisotopic (exact) mass is 354 g/mol. The van der Waals surface area contributed by atoms with Crippen LogP contribution in [-0.4, -0.2) is 24.8 Å². The first-order valence-electron chi connectivity index (χ1n) is 8.92. The third kappa shape index (κ3) is 4.33. The Morgan fingerprint density at radius 1 is 1.08 bits per heavy atom. The maximum Gasteiger partial charge on any atom is 0.241 e. The quantitative estimate of drug-likeness (QED) is 0.640. The van der Waals surface area contributed by atoms with Crippen molar-refractivity contribution in [2.45, 2.75) is 39.5 Å². The number of ether oxygens (including phenoxy) is 1. The van der Waals surface area contributed by atoms with Crippen molar-refractivity contribution in [1.82, 2.24) is 16.2 Å². The summed E-state index contributed by atoms with van der Waals surface area (Å²) in [6.07, 6.45) is 0.237. The van der Waals surface area contributed by atoms with Gasteiger partial charge in [-0.2, -0.15) is 0 Å². The number of nitrogens with one attached hydrogen (secondary N) is 4. The van der Waals surface area contributed by atoms with E-state index in [4.69, 9.17) is 4.74 Å². The van der Waals surface area contributed by atoms with Crippen LogP contribution >= 0.6 is 0 Å². The first-order chi connectivity index (χ1) is 12.6. The first kappa shape index (κ1) is 18.2. The van der Waals surface area contributed by atoms with Gasteiger partial charge in [0.15, 0.2) is 6.29 Å². The van der Waals surface area contributed by atoms with Crippen molar-refractivity contribution in [3.05, 3.63) is 59.2 Å². The van der Waals surface area contributed by atoms with Crippen molar-refractivity contribution in [3.8, 4) is 5.75 Å². The van der Waals surface area contributed by atoms with Crippen molar-refractivity contribution in [3.63, 3.8) is 0 Å². The Balaban J connectivity index is 1.56. The minimum Gasteiger partial charge on any atom is -0.494 e. The highest BCUT2D eigenvalue weighted by Crippen LogP contribution is 2.18. The second-order valence-electron chi connectivity index (χ2n) is 6.46. The van der Waals surface area contributed by atoms with E-state index in [1.54, 1.807) is 0 Å². The lowest BCUT2D eigenvalue weighted by molar-refractivity contribution is -0.126. The fraction of sp³-hybridized carbons (Fsp3) is 0.350. The fourth-order valence-corrected chi connectivity index (χ4v) is 2.93. The fourth-order valence-electron chi connectivity index (χ4n) is 2.93. The normalized spacial score (nSPS) is 19.7.